The number of Topliss-reactive ketones (excluding diaryl/α,β-unsaturated/α-hetero) is 2. The van der Waals surface area contributed by atoms with Crippen molar-refractivity contribution >= 4 is 39.1 Å². The van der Waals surface area contributed by atoms with Crippen LogP contribution in [0.2, 0.25) is 5.02 Å². The summed E-state index contributed by atoms with van der Waals surface area (Å²) in [4.78, 5) is 26.1. The van der Waals surface area contributed by atoms with Crippen molar-refractivity contribution < 1.29 is 19.1 Å². The number of dihydropyridines is 1. The van der Waals surface area contributed by atoms with E-state index in [9.17, 15) is 9.59 Å². The lowest BCUT2D eigenvalue weighted by Gasteiger charge is -2.37. The maximum Gasteiger partial charge on any atom is 0.175 e. The molecular weight excluding hydrogens is 518 g/mol. The molecule has 0 unspecified atom stereocenters. The van der Waals surface area contributed by atoms with Crippen molar-refractivity contribution in [2.24, 2.45) is 0 Å². The zero-order valence-electron chi connectivity index (χ0n) is 18.9. The van der Waals surface area contributed by atoms with E-state index in [1.807, 2.05) is 36.4 Å². The fourth-order valence-electron chi connectivity index (χ4n) is 5.10. The summed E-state index contributed by atoms with van der Waals surface area (Å²) in [5, 5.41) is 4.13. The summed E-state index contributed by atoms with van der Waals surface area (Å²) in [7, 11) is 1.59. The Hall–Kier alpha value is -2.57. The number of hydrogen-bond acceptors (Lipinski definition) is 5. The van der Waals surface area contributed by atoms with Crippen molar-refractivity contribution in [3.05, 3.63) is 79.6 Å². The van der Waals surface area contributed by atoms with Crippen molar-refractivity contribution in [1.29, 1.82) is 0 Å². The quantitative estimate of drug-likeness (QED) is 0.474. The highest BCUT2D eigenvalue weighted by Gasteiger charge is 2.40. The lowest BCUT2D eigenvalue weighted by Crippen LogP contribution is -2.36. The molecule has 0 fully saturated rings. The van der Waals surface area contributed by atoms with Crippen LogP contribution in [-0.2, 0) is 16.2 Å². The van der Waals surface area contributed by atoms with Gasteiger partial charge in [0.25, 0.3) is 0 Å². The molecule has 0 amide bonds. The molecule has 2 aromatic carbocycles. The molecular formula is C27H25BrClNO4. The molecule has 5 rings (SSSR count). The second-order valence-corrected chi connectivity index (χ2v) is 10.1. The third-order valence-electron chi connectivity index (χ3n) is 6.67. The van der Waals surface area contributed by atoms with Crippen LogP contribution in [0.15, 0.2) is 63.4 Å². The van der Waals surface area contributed by atoms with Crippen LogP contribution in [0.5, 0.6) is 11.5 Å². The van der Waals surface area contributed by atoms with Crippen molar-refractivity contribution in [3.8, 4) is 11.5 Å². The molecule has 0 bridgehead atoms. The van der Waals surface area contributed by atoms with Gasteiger partial charge in [-0.05, 0) is 77.0 Å². The van der Waals surface area contributed by atoms with Gasteiger partial charge in [0.2, 0.25) is 0 Å². The summed E-state index contributed by atoms with van der Waals surface area (Å²) in [6.45, 7) is 0.348. The van der Waals surface area contributed by atoms with Crippen molar-refractivity contribution in [1.82, 2.24) is 5.32 Å². The Morgan fingerprint density at radius 3 is 2.18 bits per heavy atom. The minimum Gasteiger partial charge on any atom is -0.493 e. The summed E-state index contributed by atoms with van der Waals surface area (Å²) in [5.41, 5.74) is 5.22. The number of nitrogens with one attached hydrogen (secondary N) is 1. The Morgan fingerprint density at radius 1 is 0.971 bits per heavy atom. The van der Waals surface area contributed by atoms with E-state index < -0.39 is 0 Å². The summed E-state index contributed by atoms with van der Waals surface area (Å²) in [5.74, 6) is 0.960. The summed E-state index contributed by atoms with van der Waals surface area (Å²) in [6.07, 6.45) is 4.33. The topological polar surface area (TPSA) is 64.6 Å². The van der Waals surface area contributed by atoms with Crippen LogP contribution in [0, 0.1) is 0 Å². The van der Waals surface area contributed by atoms with E-state index in [1.165, 1.54) is 0 Å². The third-order valence-corrected chi connectivity index (χ3v) is 7.51. The van der Waals surface area contributed by atoms with Gasteiger partial charge >= 0.3 is 0 Å². The molecule has 3 aliphatic rings. The van der Waals surface area contributed by atoms with Crippen LogP contribution in [0.3, 0.4) is 0 Å². The highest BCUT2D eigenvalue weighted by Crippen LogP contribution is 2.48. The molecule has 0 spiro atoms. The van der Waals surface area contributed by atoms with Crippen LogP contribution in [0.4, 0.5) is 0 Å². The normalized spacial score (nSPS) is 18.4. The van der Waals surface area contributed by atoms with Gasteiger partial charge in [-0.25, -0.2) is 0 Å². The van der Waals surface area contributed by atoms with Gasteiger partial charge in [0, 0.05) is 46.3 Å². The smallest absolute Gasteiger partial charge is 0.175 e. The highest BCUT2D eigenvalue weighted by molar-refractivity contribution is 9.10. The number of carbonyl (C=O) groups excluding carboxylic acids is 2. The molecule has 7 heteroatoms. The van der Waals surface area contributed by atoms with Gasteiger partial charge in [-0.15, -0.1) is 0 Å². The van der Waals surface area contributed by atoms with Crippen molar-refractivity contribution in [2.45, 2.75) is 51.0 Å². The summed E-state index contributed by atoms with van der Waals surface area (Å²) >= 11 is 9.64. The minimum absolute atomic E-state index is 0.113. The van der Waals surface area contributed by atoms with Gasteiger partial charge in [-0.1, -0.05) is 23.7 Å². The first kappa shape index (κ1) is 23.2. The van der Waals surface area contributed by atoms with Gasteiger partial charge in [0.1, 0.15) is 6.61 Å². The zero-order chi connectivity index (χ0) is 23.8. The van der Waals surface area contributed by atoms with Crippen LogP contribution in [0.1, 0.15) is 55.6 Å². The fraction of sp³-hybridized carbons (Fsp3) is 0.333. The summed E-state index contributed by atoms with van der Waals surface area (Å²) in [6, 6.07) is 11.3. The number of ketones is 2. The van der Waals surface area contributed by atoms with Gasteiger partial charge in [0.05, 0.1) is 11.6 Å². The Kier molecular flexibility index (Phi) is 6.54. The number of carbonyl (C=O) groups is 2. The van der Waals surface area contributed by atoms with E-state index in [2.05, 4.69) is 21.2 Å². The SMILES string of the molecule is COc1cc(C2C3=C(CCCC3=O)NC3=C2C(=O)CCC3)cc(Br)c1OCc1ccc(Cl)cc1. The molecule has 2 aromatic rings. The first-order chi connectivity index (χ1) is 16.5. The van der Waals surface area contributed by atoms with Crippen LogP contribution in [0.25, 0.3) is 0 Å². The molecule has 0 aromatic heterocycles. The zero-order valence-corrected chi connectivity index (χ0v) is 21.2. The monoisotopic (exact) mass is 541 g/mol. The molecule has 176 valence electrons. The fourth-order valence-corrected chi connectivity index (χ4v) is 5.80. The number of allylic oxidation sites excluding steroid dienone is 4. The predicted molar refractivity (Wildman–Crippen MR) is 134 cm³/mol. The minimum atomic E-state index is -0.387. The number of methoxy groups -OCH3 is 1. The van der Waals surface area contributed by atoms with E-state index in [4.69, 9.17) is 21.1 Å². The Bertz CT molecular complexity index is 1190. The van der Waals surface area contributed by atoms with Gasteiger partial charge in [0.15, 0.2) is 23.1 Å². The number of benzene rings is 2. The highest BCUT2D eigenvalue weighted by atomic mass is 79.9. The number of rotatable bonds is 5. The van der Waals surface area contributed by atoms with Crippen LogP contribution in [-0.4, -0.2) is 18.7 Å². The average Bonchev–Trinajstić information content (AvgIpc) is 2.83. The second kappa shape index (κ2) is 9.59. The van der Waals surface area contributed by atoms with Crippen molar-refractivity contribution in [2.75, 3.05) is 7.11 Å². The molecule has 0 saturated carbocycles. The van der Waals surface area contributed by atoms with Gasteiger partial charge < -0.3 is 14.8 Å². The Balaban J connectivity index is 1.55. The largest absolute Gasteiger partial charge is 0.493 e. The first-order valence-electron chi connectivity index (χ1n) is 11.5. The first-order valence-corrected chi connectivity index (χ1v) is 12.7. The molecule has 0 atom stereocenters. The van der Waals surface area contributed by atoms with Gasteiger partial charge in [-0.2, -0.15) is 0 Å². The van der Waals surface area contributed by atoms with Crippen LogP contribution >= 0.6 is 27.5 Å². The number of ether oxygens (including phenoxy) is 2. The lowest BCUT2D eigenvalue weighted by molar-refractivity contribution is -0.116. The predicted octanol–water partition coefficient (Wildman–Crippen LogP) is 6.39. The number of hydrogen-bond donors (Lipinski definition) is 1. The molecule has 0 radical (unpaired) electrons. The maximum atomic E-state index is 13.1. The van der Waals surface area contributed by atoms with Crippen LogP contribution < -0.4 is 14.8 Å². The van der Waals surface area contributed by atoms with Crippen molar-refractivity contribution in [3.63, 3.8) is 0 Å². The molecule has 34 heavy (non-hydrogen) atoms. The molecule has 2 aliphatic carbocycles. The second-order valence-electron chi connectivity index (χ2n) is 8.85. The molecule has 1 N–H and O–H groups in total. The maximum absolute atomic E-state index is 13.1. The molecule has 0 saturated heterocycles. The van der Waals surface area contributed by atoms with E-state index in [0.717, 1.165) is 59.4 Å². The number of halogens is 2. The van der Waals surface area contributed by atoms with E-state index >= 15 is 0 Å². The van der Waals surface area contributed by atoms with E-state index in [-0.39, 0.29) is 17.5 Å². The van der Waals surface area contributed by atoms with Gasteiger partial charge in [-0.3, -0.25) is 9.59 Å². The standard InChI is InChI=1S/C27H25BrClNO4/c1-33-23-13-16(12-18(28)27(23)34-14-15-8-10-17(29)11-9-15)24-25-19(4-2-6-21(25)31)30-20-5-3-7-22(32)26(20)24/h8-13,24,30H,2-7,14H2,1H3. The molecule has 5 nitrogen and oxygen atoms in total. The Labute approximate surface area is 212 Å². The molecule has 1 aliphatic heterocycles. The van der Waals surface area contributed by atoms with E-state index in [0.29, 0.717) is 40.4 Å². The average molecular weight is 543 g/mol. The molecule has 1 heterocycles. The summed E-state index contributed by atoms with van der Waals surface area (Å²) < 4.78 is 12.5. The Morgan fingerprint density at radius 2 is 1.59 bits per heavy atom. The lowest BCUT2D eigenvalue weighted by atomic mass is 9.71. The third kappa shape index (κ3) is 4.29. The van der Waals surface area contributed by atoms with E-state index in [1.54, 1.807) is 7.11 Å².